The number of anilines is 1. The quantitative estimate of drug-likeness (QED) is 0.335. The molecule has 7 nitrogen and oxygen atoms in total. The Morgan fingerprint density at radius 1 is 1.13 bits per heavy atom. The number of rotatable bonds is 8. The number of hydrogen-bond donors (Lipinski definition) is 3. The minimum atomic E-state index is -4.26. The van der Waals surface area contributed by atoms with Crippen molar-refractivity contribution in [1.29, 1.82) is 0 Å². The van der Waals surface area contributed by atoms with Gasteiger partial charge in [-0.2, -0.15) is 0 Å². The second-order valence-electron chi connectivity index (χ2n) is 6.27. The van der Waals surface area contributed by atoms with E-state index in [9.17, 15) is 27.1 Å². The molecule has 0 aliphatic carbocycles. The van der Waals surface area contributed by atoms with Gasteiger partial charge in [-0.1, -0.05) is 0 Å². The van der Waals surface area contributed by atoms with Crippen molar-refractivity contribution >= 4 is 44.2 Å². The number of aromatic hydroxyl groups is 1. The van der Waals surface area contributed by atoms with Crippen LogP contribution in [0.3, 0.4) is 0 Å². The maximum Gasteiger partial charge on any atom is 0.313 e. The van der Waals surface area contributed by atoms with Crippen LogP contribution in [-0.4, -0.2) is 37.0 Å². The number of sulfonamides is 1. The molecule has 0 aliphatic heterocycles. The summed E-state index contributed by atoms with van der Waals surface area (Å²) in [5, 5.41) is 19.5. The van der Waals surface area contributed by atoms with Crippen molar-refractivity contribution in [2.45, 2.75) is 16.7 Å². The first kappa shape index (κ1) is 22.6. The second kappa shape index (κ2) is 8.98. The van der Waals surface area contributed by atoms with Crippen molar-refractivity contribution < 1.29 is 36.9 Å². The zero-order valence-corrected chi connectivity index (χ0v) is 17.7. The van der Waals surface area contributed by atoms with Gasteiger partial charge in [0, 0.05) is 16.8 Å². The van der Waals surface area contributed by atoms with E-state index in [1.165, 1.54) is 12.1 Å². The van der Waals surface area contributed by atoms with Crippen molar-refractivity contribution in [2.24, 2.45) is 0 Å². The van der Waals surface area contributed by atoms with Gasteiger partial charge in [0.05, 0.1) is 27.8 Å². The number of phenols is 1. The maximum atomic E-state index is 13.8. The summed E-state index contributed by atoms with van der Waals surface area (Å²) in [5.74, 6) is -3.47. The lowest BCUT2D eigenvalue weighted by Gasteiger charge is -2.15. The highest BCUT2D eigenvalue weighted by Crippen LogP contribution is 2.41. The minimum Gasteiger partial charge on any atom is -0.506 e. The number of benzene rings is 3. The summed E-state index contributed by atoms with van der Waals surface area (Å²) >= 11 is 0.773. The number of hydrogen-bond acceptors (Lipinski definition) is 6. The first-order valence-electron chi connectivity index (χ1n) is 8.87. The van der Waals surface area contributed by atoms with Crippen LogP contribution in [0.4, 0.5) is 14.5 Å². The lowest BCUT2D eigenvalue weighted by atomic mass is 10.1. The van der Waals surface area contributed by atoms with Crippen LogP contribution in [-0.2, 0) is 14.8 Å². The molecule has 0 bridgehead atoms. The fraction of sp³-hybridized carbons (Fsp3) is 0.150. The Kier molecular flexibility index (Phi) is 6.56. The summed E-state index contributed by atoms with van der Waals surface area (Å²) in [7, 11) is -4.26. The Labute approximate surface area is 180 Å². The van der Waals surface area contributed by atoms with Crippen molar-refractivity contribution in [1.82, 2.24) is 0 Å². The van der Waals surface area contributed by atoms with Crippen molar-refractivity contribution in [3.63, 3.8) is 0 Å². The lowest BCUT2D eigenvalue weighted by Crippen LogP contribution is -2.14. The Morgan fingerprint density at radius 3 is 2.55 bits per heavy atom. The molecule has 3 aromatic carbocycles. The molecule has 0 atom stereocenters. The van der Waals surface area contributed by atoms with E-state index < -0.39 is 27.6 Å². The van der Waals surface area contributed by atoms with Crippen LogP contribution < -0.4 is 9.46 Å². The SMILES string of the molecule is CCOc1cc(S(=O)(=O)Nc2cc(SCC(=O)O)c(O)c3ccc(F)cc23)ccc1F. The van der Waals surface area contributed by atoms with Crippen LogP contribution in [0, 0.1) is 11.6 Å². The van der Waals surface area contributed by atoms with E-state index in [1.807, 2.05) is 0 Å². The van der Waals surface area contributed by atoms with E-state index in [4.69, 9.17) is 9.84 Å². The highest BCUT2D eigenvalue weighted by molar-refractivity contribution is 8.00. The maximum absolute atomic E-state index is 13.8. The molecule has 0 radical (unpaired) electrons. The van der Waals surface area contributed by atoms with E-state index in [2.05, 4.69) is 4.72 Å². The smallest absolute Gasteiger partial charge is 0.313 e. The molecule has 3 aromatic rings. The van der Waals surface area contributed by atoms with E-state index in [-0.39, 0.29) is 50.1 Å². The van der Waals surface area contributed by atoms with Gasteiger partial charge < -0.3 is 14.9 Å². The Morgan fingerprint density at radius 2 is 1.87 bits per heavy atom. The van der Waals surface area contributed by atoms with Gasteiger partial charge in [0.25, 0.3) is 10.0 Å². The highest BCUT2D eigenvalue weighted by Gasteiger charge is 2.21. The number of thioether (sulfide) groups is 1. The minimum absolute atomic E-state index is 0.0629. The first-order valence-corrected chi connectivity index (χ1v) is 11.3. The molecule has 0 fully saturated rings. The van der Waals surface area contributed by atoms with Gasteiger partial charge in [-0.3, -0.25) is 9.52 Å². The monoisotopic (exact) mass is 469 g/mol. The summed E-state index contributed by atoms with van der Waals surface area (Å²) in [6, 6.07) is 7.61. The number of phenolic OH excluding ortho intramolecular Hbond substituents is 1. The van der Waals surface area contributed by atoms with Gasteiger partial charge in [0.1, 0.15) is 11.6 Å². The molecular formula is C20H17F2NO6S2. The largest absolute Gasteiger partial charge is 0.506 e. The molecule has 0 amide bonds. The Hall–Kier alpha value is -3.05. The predicted molar refractivity (Wildman–Crippen MR) is 112 cm³/mol. The Balaban J connectivity index is 2.11. The van der Waals surface area contributed by atoms with Crippen LogP contribution in [0.2, 0.25) is 0 Å². The third-order valence-electron chi connectivity index (χ3n) is 4.14. The van der Waals surface area contributed by atoms with Crippen LogP contribution in [0.25, 0.3) is 10.8 Å². The molecule has 0 spiro atoms. The fourth-order valence-electron chi connectivity index (χ4n) is 2.81. The van der Waals surface area contributed by atoms with Crippen LogP contribution in [0.1, 0.15) is 6.92 Å². The number of carboxylic acid groups (broad SMARTS) is 1. The van der Waals surface area contributed by atoms with Gasteiger partial charge >= 0.3 is 5.97 Å². The zero-order valence-electron chi connectivity index (χ0n) is 16.1. The molecule has 164 valence electrons. The number of ether oxygens (including phenoxy) is 1. The number of aliphatic carboxylic acids is 1. The Bertz CT molecular complexity index is 1260. The molecule has 0 saturated carbocycles. The van der Waals surface area contributed by atoms with E-state index in [1.54, 1.807) is 6.92 Å². The molecule has 0 aliphatic rings. The van der Waals surface area contributed by atoms with Crippen molar-refractivity contribution in [2.75, 3.05) is 17.1 Å². The number of nitrogens with one attached hydrogen (secondary N) is 1. The highest BCUT2D eigenvalue weighted by atomic mass is 32.2. The third kappa shape index (κ3) is 5.00. The van der Waals surface area contributed by atoms with Gasteiger partial charge in [-0.25, -0.2) is 17.2 Å². The van der Waals surface area contributed by atoms with E-state index >= 15 is 0 Å². The van der Waals surface area contributed by atoms with Crippen LogP contribution in [0.15, 0.2) is 52.3 Å². The van der Waals surface area contributed by atoms with Crippen molar-refractivity contribution in [3.05, 3.63) is 54.1 Å². The van der Waals surface area contributed by atoms with Gasteiger partial charge in [0.15, 0.2) is 11.6 Å². The molecule has 3 N–H and O–H groups in total. The number of halogens is 2. The zero-order chi connectivity index (χ0) is 22.8. The van der Waals surface area contributed by atoms with E-state index in [0.717, 1.165) is 42.1 Å². The van der Waals surface area contributed by atoms with Crippen molar-refractivity contribution in [3.8, 4) is 11.5 Å². The summed E-state index contributed by atoms with van der Waals surface area (Å²) in [6.07, 6.45) is 0. The number of fused-ring (bicyclic) bond motifs is 1. The molecular weight excluding hydrogens is 452 g/mol. The number of carboxylic acids is 1. The lowest BCUT2D eigenvalue weighted by molar-refractivity contribution is -0.133. The summed E-state index contributed by atoms with van der Waals surface area (Å²) in [6.45, 7) is 1.74. The summed E-state index contributed by atoms with van der Waals surface area (Å²) in [5.41, 5.74) is -0.0810. The van der Waals surface area contributed by atoms with E-state index in [0.29, 0.717) is 0 Å². The summed E-state index contributed by atoms with van der Waals surface area (Å²) < 4.78 is 60.9. The predicted octanol–water partition coefficient (Wildman–Crippen LogP) is 4.20. The molecule has 0 aromatic heterocycles. The average molecular weight is 469 g/mol. The normalized spacial score (nSPS) is 11.5. The summed E-state index contributed by atoms with van der Waals surface area (Å²) in [4.78, 5) is 10.7. The van der Waals surface area contributed by atoms with Crippen LogP contribution >= 0.6 is 11.8 Å². The van der Waals surface area contributed by atoms with Gasteiger partial charge in [-0.15, -0.1) is 11.8 Å². The second-order valence-corrected chi connectivity index (χ2v) is 8.97. The van der Waals surface area contributed by atoms with Gasteiger partial charge in [0.2, 0.25) is 0 Å². The molecule has 31 heavy (non-hydrogen) atoms. The molecule has 11 heteroatoms. The standard InChI is InChI=1S/C20H17F2NO6S2/c1-2-29-17-8-12(4-6-15(17)22)31(27,28)23-16-9-18(30-10-19(24)25)20(26)13-5-3-11(21)7-14(13)16/h3-9,23,26H,2,10H2,1H3,(H,24,25). The first-order chi connectivity index (χ1) is 14.6. The topological polar surface area (TPSA) is 113 Å². The molecule has 0 heterocycles. The van der Waals surface area contributed by atoms with Crippen LogP contribution in [0.5, 0.6) is 11.5 Å². The molecule has 3 rings (SSSR count). The number of carbonyl (C=O) groups is 1. The average Bonchev–Trinajstić information content (AvgIpc) is 2.70. The molecule has 0 unspecified atom stereocenters. The van der Waals surface area contributed by atoms with Gasteiger partial charge in [-0.05, 0) is 43.3 Å². The third-order valence-corrected chi connectivity index (χ3v) is 6.52. The fourth-order valence-corrected chi connectivity index (χ4v) is 4.62. The molecule has 0 saturated heterocycles.